The molecule has 0 aliphatic heterocycles. The first-order valence-electron chi connectivity index (χ1n) is 7.16. The van der Waals surface area contributed by atoms with Gasteiger partial charge in [0.15, 0.2) is 0 Å². The molecule has 0 amide bonds. The van der Waals surface area contributed by atoms with Gasteiger partial charge in [-0.15, -0.1) is 0 Å². The summed E-state index contributed by atoms with van der Waals surface area (Å²) in [4.78, 5) is 0.102. The number of hydrogen-bond acceptors (Lipinski definition) is 4. The fourth-order valence-corrected chi connectivity index (χ4v) is 3.54. The van der Waals surface area contributed by atoms with Gasteiger partial charge in [0.25, 0.3) is 0 Å². The van der Waals surface area contributed by atoms with Crippen molar-refractivity contribution in [2.24, 2.45) is 0 Å². The molecule has 0 bridgehead atoms. The van der Waals surface area contributed by atoms with Crippen LogP contribution in [0.15, 0.2) is 41.3 Å². The van der Waals surface area contributed by atoms with Crippen molar-refractivity contribution in [2.45, 2.75) is 25.3 Å². The summed E-state index contributed by atoms with van der Waals surface area (Å²) in [5.74, 6) is 0.875. The number of sulfonamides is 1. The van der Waals surface area contributed by atoms with Crippen molar-refractivity contribution in [3.63, 3.8) is 0 Å². The van der Waals surface area contributed by atoms with E-state index in [-0.39, 0.29) is 11.4 Å². The highest BCUT2D eigenvalue weighted by atomic mass is 32.2. The van der Waals surface area contributed by atoms with Gasteiger partial charge in [0.2, 0.25) is 10.0 Å². The van der Waals surface area contributed by atoms with Crippen LogP contribution in [0.4, 0.5) is 0 Å². The van der Waals surface area contributed by atoms with Crippen molar-refractivity contribution in [3.8, 4) is 11.5 Å². The van der Waals surface area contributed by atoms with E-state index in [1.807, 2.05) is 31.2 Å². The molecule has 0 aliphatic rings. The Kier molecular flexibility index (Phi) is 5.28. The van der Waals surface area contributed by atoms with Gasteiger partial charge in [-0.2, -0.15) is 0 Å². The molecule has 0 aliphatic carbocycles. The van der Waals surface area contributed by atoms with Crippen molar-refractivity contribution >= 4 is 10.0 Å². The summed E-state index contributed by atoms with van der Waals surface area (Å²) in [6, 6.07) is 10.8. The SMILES string of the molecule is COc1ccc(S(=O)(=O)NCc2ccc(C)cc2)c(OC)c1C. The summed E-state index contributed by atoms with van der Waals surface area (Å²) in [7, 11) is -0.711. The number of methoxy groups -OCH3 is 2. The lowest BCUT2D eigenvalue weighted by Crippen LogP contribution is -2.24. The normalized spacial score (nSPS) is 11.3. The number of benzene rings is 2. The third-order valence-corrected chi connectivity index (χ3v) is 5.05. The van der Waals surface area contributed by atoms with E-state index < -0.39 is 10.0 Å². The Hall–Kier alpha value is -2.05. The van der Waals surface area contributed by atoms with Crippen molar-refractivity contribution < 1.29 is 17.9 Å². The van der Waals surface area contributed by atoms with Crippen LogP contribution in [0, 0.1) is 13.8 Å². The van der Waals surface area contributed by atoms with Gasteiger partial charge in [-0.1, -0.05) is 29.8 Å². The second kappa shape index (κ2) is 7.02. The largest absolute Gasteiger partial charge is 0.496 e. The Labute approximate surface area is 137 Å². The van der Waals surface area contributed by atoms with Crippen LogP contribution in [0.5, 0.6) is 11.5 Å². The molecule has 0 unspecified atom stereocenters. The van der Waals surface area contributed by atoms with E-state index in [2.05, 4.69) is 4.72 Å². The molecule has 5 nitrogen and oxygen atoms in total. The summed E-state index contributed by atoms with van der Waals surface area (Å²) in [6.07, 6.45) is 0. The van der Waals surface area contributed by atoms with Gasteiger partial charge in [0.05, 0.1) is 14.2 Å². The average molecular weight is 335 g/mol. The first kappa shape index (κ1) is 17.3. The van der Waals surface area contributed by atoms with E-state index in [0.29, 0.717) is 17.1 Å². The highest BCUT2D eigenvalue weighted by Crippen LogP contribution is 2.33. The minimum atomic E-state index is -3.69. The fourth-order valence-electron chi connectivity index (χ4n) is 2.30. The van der Waals surface area contributed by atoms with Crippen LogP contribution >= 0.6 is 0 Å². The standard InChI is InChI=1S/C17H21NO4S/c1-12-5-7-14(8-6-12)11-18-23(19,20)16-10-9-15(21-3)13(2)17(16)22-4/h5-10,18H,11H2,1-4H3. The van der Waals surface area contributed by atoms with Crippen LogP contribution in [0.3, 0.4) is 0 Å². The molecule has 0 saturated carbocycles. The molecule has 0 radical (unpaired) electrons. The maximum atomic E-state index is 12.6. The van der Waals surface area contributed by atoms with E-state index in [4.69, 9.17) is 9.47 Å². The third kappa shape index (κ3) is 3.83. The molecule has 6 heteroatoms. The van der Waals surface area contributed by atoms with Gasteiger partial charge in [0.1, 0.15) is 16.4 Å². The van der Waals surface area contributed by atoms with Crippen LogP contribution in [0.1, 0.15) is 16.7 Å². The molecule has 0 aromatic heterocycles. The van der Waals surface area contributed by atoms with Crippen molar-refractivity contribution in [1.29, 1.82) is 0 Å². The second-order valence-corrected chi connectivity index (χ2v) is 6.97. The molecule has 124 valence electrons. The Morgan fingerprint density at radius 2 is 1.61 bits per heavy atom. The van der Waals surface area contributed by atoms with Gasteiger partial charge < -0.3 is 9.47 Å². The van der Waals surface area contributed by atoms with E-state index in [0.717, 1.165) is 11.1 Å². The van der Waals surface area contributed by atoms with Gasteiger partial charge in [0, 0.05) is 12.1 Å². The molecule has 2 rings (SSSR count). The van der Waals surface area contributed by atoms with Crippen molar-refractivity contribution in [3.05, 3.63) is 53.1 Å². The van der Waals surface area contributed by atoms with Gasteiger partial charge in [-0.25, -0.2) is 13.1 Å². The molecule has 2 aromatic rings. The molecular formula is C17H21NO4S. The fraction of sp³-hybridized carbons (Fsp3) is 0.294. The zero-order chi connectivity index (χ0) is 17.0. The number of hydrogen-bond donors (Lipinski definition) is 1. The maximum Gasteiger partial charge on any atom is 0.244 e. The topological polar surface area (TPSA) is 64.6 Å². The number of rotatable bonds is 6. The predicted molar refractivity (Wildman–Crippen MR) is 89.5 cm³/mol. The minimum absolute atomic E-state index is 0.102. The molecule has 0 atom stereocenters. The highest BCUT2D eigenvalue weighted by Gasteiger charge is 2.22. The molecule has 1 N–H and O–H groups in total. The number of aryl methyl sites for hydroxylation is 1. The molecular weight excluding hydrogens is 314 g/mol. The molecule has 23 heavy (non-hydrogen) atoms. The summed E-state index contributed by atoms with van der Waals surface area (Å²) < 4.78 is 38.2. The lowest BCUT2D eigenvalue weighted by Gasteiger charge is -2.15. The summed E-state index contributed by atoms with van der Waals surface area (Å²) in [5, 5.41) is 0. The maximum absolute atomic E-state index is 12.6. The number of nitrogens with one attached hydrogen (secondary N) is 1. The monoisotopic (exact) mass is 335 g/mol. The zero-order valence-corrected chi connectivity index (χ0v) is 14.5. The Morgan fingerprint density at radius 3 is 2.17 bits per heavy atom. The molecule has 0 spiro atoms. The van der Waals surface area contributed by atoms with E-state index in [1.165, 1.54) is 20.3 Å². The molecule has 0 heterocycles. The quantitative estimate of drug-likeness (QED) is 0.882. The van der Waals surface area contributed by atoms with E-state index in [9.17, 15) is 8.42 Å². The van der Waals surface area contributed by atoms with Crippen molar-refractivity contribution in [2.75, 3.05) is 14.2 Å². The number of ether oxygens (including phenoxy) is 2. The van der Waals surface area contributed by atoms with Gasteiger partial charge >= 0.3 is 0 Å². The third-order valence-electron chi connectivity index (χ3n) is 3.62. The zero-order valence-electron chi connectivity index (χ0n) is 13.7. The van der Waals surface area contributed by atoms with Crippen LogP contribution in [-0.2, 0) is 16.6 Å². The highest BCUT2D eigenvalue weighted by molar-refractivity contribution is 7.89. The van der Waals surface area contributed by atoms with Crippen LogP contribution in [0.25, 0.3) is 0 Å². The second-order valence-electron chi connectivity index (χ2n) is 5.23. The van der Waals surface area contributed by atoms with Gasteiger partial charge in [-0.3, -0.25) is 0 Å². The summed E-state index contributed by atoms with van der Waals surface area (Å²) in [6.45, 7) is 3.96. The van der Waals surface area contributed by atoms with Crippen molar-refractivity contribution in [1.82, 2.24) is 4.72 Å². The summed E-state index contributed by atoms with van der Waals surface area (Å²) in [5.41, 5.74) is 2.67. The lowest BCUT2D eigenvalue weighted by atomic mass is 10.2. The Morgan fingerprint density at radius 1 is 0.957 bits per heavy atom. The van der Waals surface area contributed by atoms with E-state index in [1.54, 1.807) is 13.0 Å². The van der Waals surface area contributed by atoms with Gasteiger partial charge in [-0.05, 0) is 31.5 Å². The van der Waals surface area contributed by atoms with E-state index >= 15 is 0 Å². The lowest BCUT2D eigenvalue weighted by molar-refractivity contribution is 0.380. The predicted octanol–water partition coefficient (Wildman–Crippen LogP) is 2.80. The smallest absolute Gasteiger partial charge is 0.244 e. The first-order chi connectivity index (χ1) is 10.9. The minimum Gasteiger partial charge on any atom is -0.496 e. The average Bonchev–Trinajstić information content (AvgIpc) is 2.54. The van der Waals surface area contributed by atoms with Crippen LogP contribution < -0.4 is 14.2 Å². The first-order valence-corrected chi connectivity index (χ1v) is 8.64. The molecule has 0 saturated heterocycles. The summed E-state index contributed by atoms with van der Waals surface area (Å²) >= 11 is 0. The van der Waals surface area contributed by atoms with Crippen LogP contribution in [0.2, 0.25) is 0 Å². The Balaban J connectivity index is 2.29. The Bertz CT molecular complexity index is 783. The van der Waals surface area contributed by atoms with Crippen LogP contribution in [-0.4, -0.2) is 22.6 Å². The molecule has 2 aromatic carbocycles. The molecule has 0 fully saturated rings.